The number of H-pyrrole nitrogens is 2. The van der Waals surface area contributed by atoms with Gasteiger partial charge in [0.15, 0.2) is 4.77 Å². The Morgan fingerprint density at radius 2 is 2.09 bits per heavy atom. The molecule has 122 valence electrons. The minimum absolute atomic E-state index is 0.122. The maximum Gasteiger partial charge on any atom is 0.270 e. The summed E-state index contributed by atoms with van der Waals surface area (Å²) in [6.07, 6.45) is 0.659. The zero-order valence-corrected chi connectivity index (χ0v) is 14.3. The topological polar surface area (TPSA) is 75.7 Å². The smallest absolute Gasteiger partial charge is 0.270 e. The molecule has 0 aliphatic heterocycles. The number of rotatable bonds is 5. The number of hydrogen-bond donors (Lipinski definition) is 2. The molecule has 2 aromatic heterocycles. The van der Waals surface area contributed by atoms with Crippen molar-refractivity contribution >= 4 is 34.3 Å². The molecule has 2 heterocycles. The van der Waals surface area contributed by atoms with Gasteiger partial charge in [-0.2, -0.15) is 0 Å². The van der Waals surface area contributed by atoms with Crippen LogP contribution in [-0.4, -0.2) is 33.2 Å². The zero-order valence-electron chi connectivity index (χ0n) is 13.5. The molecular weight excluding hydrogens is 312 g/mol. The van der Waals surface area contributed by atoms with E-state index in [9.17, 15) is 4.79 Å². The first-order valence-corrected chi connectivity index (χ1v) is 8.05. The van der Waals surface area contributed by atoms with Crippen molar-refractivity contribution in [1.82, 2.24) is 19.5 Å². The molecule has 0 radical (unpaired) electrons. The number of benzene rings is 1. The summed E-state index contributed by atoms with van der Waals surface area (Å²) in [5.74, 6) is 0.378. The lowest BCUT2D eigenvalue weighted by Crippen LogP contribution is -2.17. The molecule has 0 atom stereocenters. The second kappa shape index (κ2) is 6.25. The minimum Gasteiger partial charge on any atom is -0.383 e. The minimum atomic E-state index is -0.122. The average Bonchev–Trinajstić information content (AvgIpc) is 2.78. The molecule has 0 bridgehead atoms. The molecule has 0 aliphatic carbocycles. The summed E-state index contributed by atoms with van der Waals surface area (Å²) in [5, 5.41) is 0. The summed E-state index contributed by atoms with van der Waals surface area (Å²) in [5.41, 5.74) is 3.78. The third-order valence-electron chi connectivity index (χ3n) is 3.78. The molecule has 0 amide bonds. The van der Waals surface area contributed by atoms with Crippen molar-refractivity contribution in [1.29, 1.82) is 0 Å². The Bertz CT molecular complexity index is 968. The van der Waals surface area contributed by atoms with Crippen molar-refractivity contribution < 1.29 is 4.74 Å². The highest BCUT2D eigenvalue weighted by molar-refractivity contribution is 7.71. The van der Waals surface area contributed by atoms with E-state index in [1.165, 1.54) is 0 Å². The molecule has 1 aromatic carbocycles. The standard InChI is InChI=1S/C16H20N4O2S/c1-9(2)6-13-15(21)18-10-7-12-14(8-11(10)17-13)20(4-5-22-3)16(23)19-12/h7-9H,4-6H2,1-3H3,(H,18,21)(H,19,23). The lowest BCUT2D eigenvalue weighted by atomic mass is 10.1. The molecule has 2 N–H and O–H groups in total. The second-order valence-corrected chi connectivity index (χ2v) is 6.46. The number of aromatic nitrogens is 4. The summed E-state index contributed by atoms with van der Waals surface area (Å²) in [6, 6.07) is 3.85. The fourth-order valence-corrected chi connectivity index (χ4v) is 3.01. The van der Waals surface area contributed by atoms with Crippen molar-refractivity contribution in [3.8, 4) is 0 Å². The average molecular weight is 332 g/mol. The normalized spacial score (nSPS) is 11.8. The first-order chi connectivity index (χ1) is 11.0. The molecule has 3 aromatic rings. The Hall–Kier alpha value is -1.99. The number of fused-ring (bicyclic) bond motifs is 2. The number of hydrogen-bond acceptors (Lipinski definition) is 4. The SMILES string of the molecule is COCCn1c(=S)[nH]c2cc3[nH]c(=O)c(CC(C)C)nc3cc21. The molecule has 0 spiro atoms. The van der Waals surface area contributed by atoms with Crippen LogP contribution in [0.2, 0.25) is 0 Å². The number of ether oxygens (including phenoxy) is 1. The molecule has 0 fully saturated rings. The maximum atomic E-state index is 12.1. The van der Waals surface area contributed by atoms with Crippen LogP contribution in [0, 0.1) is 10.7 Å². The third kappa shape index (κ3) is 3.07. The van der Waals surface area contributed by atoms with Gasteiger partial charge in [0.05, 0.1) is 28.7 Å². The van der Waals surface area contributed by atoms with Gasteiger partial charge in [0, 0.05) is 13.7 Å². The molecule has 23 heavy (non-hydrogen) atoms. The van der Waals surface area contributed by atoms with E-state index >= 15 is 0 Å². The van der Waals surface area contributed by atoms with Gasteiger partial charge in [-0.15, -0.1) is 0 Å². The van der Waals surface area contributed by atoms with Gasteiger partial charge in [-0.1, -0.05) is 13.8 Å². The van der Waals surface area contributed by atoms with Crippen LogP contribution in [0.25, 0.3) is 22.1 Å². The predicted octanol–water partition coefficient (Wildman–Crippen LogP) is 2.78. The Morgan fingerprint density at radius 3 is 2.78 bits per heavy atom. The first kappa shape index (κ1) is 15.9. The van der Waals surface area contributed by atoms with E-state index in [1.807, 2.05) is 16.7 Å². The van der Waals surface area contributed by atoms with Crippen LogP contribution in [0.15, 0.2) is 16.9 Å². The summed E-state index contributed by atoms with van der Waals surface area (Å²) in [7, 11) is 1.67. The van der Waals surface area contributed by atoms with Crippen molar-refractivity contribution in [3.05, 3.63) is 33.0 Å². The summed E-state index contributed by atoms with van der Waals surface area (Å²) in [4.78, 5) is 22.8. The highest BCUT2D eigenvalue weighted by atomic mass is 32.1. The van der Waals surface area contributed by atoms with Gasteiger partial charge < -0.3 is 19.3 Å². The second-order valence-electron chi connectivity index (χ2n) is 6.07. The van der Waals surface area contributed by atoms with Crippen molar-refractivity contribution in [2.24, 2.45) is 5.92 Å². The van der Waals surface area contributed by atoms with Crippen LogP contribution in [-0.2, 0) is 17.7 Å². The van der Waals surface area contributed by atoms with Gasteiger partial charge in [0.2, 0.25) is 0 Å². The van der Waals surface area contributed by atoms with E-state index in [4.69, 9.17) is 17.0 Å². The molecule has 3 rings (SSSR count). The van der Waals surface area contributed by atoms with Gasteiger partial charge in [0.1, 0.15) is 5.69 Å². The Morgan fingerprint density at radius 1 is 1.30 bits per heavy atom. The summed E-state index contributed by atoms with van der Waals surface area (Å²) >= 11 is 5.37. The quantitative estimate of drug-likeness (QED) is 0.705. The highest BCUT2D eigenvalue weighted by Gasteiger charge is 2.11. The fourth-order valence-electron chi connectivity index (χ4n) is 2.71. The van der Waals surface area contributed by atoms with Gasteiger partial charge in [0.25, 0.3) is 5.56 Å². The van der Waals surface area contributed by atoms with Crippen LogP contribution in [0.4, 0.5) is 0 Å². The Labute approximate surface area is 138 Å². The van der Waals surface area contributed by atoms with E-state index in [0.717, 1.165) is 16.6 Å². The Balaban J connectivity index is 2.20. The molecule has 7 heteroatoms. The van der Waals surface area contributed by atoms with Gasteiger partial charge in [-0.05, 0) is 36.7 Å². The van der Waals surface area contributed by atoms with Crippen LogP contribution in [0.3, 0.4) is 0 Å². The van der Waals surface area contributed by atoms with Crippen LogP contribution >= 0.6 is 12.2 Å². The van der Waals surface area contributed by atoms with Crippen molar-refractivity contribution in [2.75, 3.05) is 13.7 Å². The number of aromatic amines is 2. The number of nitrogens with zero attached hydrogens (tertiary/aromatic N) is 2. The molecule has 6 nitrogen and oxygen atoms in total. The fraction of sp³-hybridized carbons (Fsp3) is 0.438. The van der Waals surface area contributed by atoms with Crippen molar-refractivity contribution in [3.63, 3.8) is 0 Å². The van der Waals surface area contributed by atoms with E-state index in [0.29, 0.717) is 41.5 Å². The lowest BCUT2D eigenvalue weighted by Gasteiger charge is -2.07. The molecule has 0 saturated carbocycles. The van der Waals surface area contributed by atoms with Crippen LogP contribution in [0.1, 0.15) is 19.5 Å². The molecule has 0 aliphatic rings. The van der Waals surface area contributed by atoms with E-state index in [-0.39, 0.29) is 5.56 Å². The van der Waals surface area contributed by atoms with Crippen molar-refractivity contribution in [2.45, 2.75) is 26.8 Å². The van der Waals surface area contributed by atoms with Gasteiger partial charge in [-0.25, -0.2) is 4.98 Å². The third-order valence-corrected chi connectivity index (χ3v) is 4.10. The monoisotopic (exact) mass is 332 g/mol. The van der Waals surface area contributed by atoms with E-state index in [1.54, 1.807) is 7.11 Å². The molecule has 0 unspecified atom stereocenters. The molecule has 0 saturated heterocycles. The molecular formula is C16H20N4O2S. The first-order valence-electron chi connectivity index (χ1n) is 7.64. The largest absolute Gasteiger partial charge is 0.383 e. The number of nitrogens with one attached hydrogen (secondary N) is 2. The number of methoxy groups -OCH3 is 1. The van der Waals surface area contributed by atoms with Crippen LogP contribution < -0.4 is 5.56 Å². The number of imidazole rings is 1. The van der Waals surface area contributed by atoms with Crippen LogP contribution in [0.5, 0.6) is 0 Å². The van der Waals surface area contributed by atoms with Gasteiger partial charge >= 0.3 is 0 Å². The zero-order chi connectivity index (χ0) is 16.6. The summed E-state index contributed by atoms with van der Waals surface area (Å²) < 4.78 is 7.77. The van der Waals surface area contributed by atoms with Gasteiger partial charge in [-0.3, -0.25) is 4.79 Å². The Kier molecular flexibility index (Phi) is 4.32. The summed E-state index contributed by atoms with van der Waals surface area (Å²) in [6.45, 7) is 5.39. The highest BCUT2D eigenvalue weighted by Crippen LogP contribution is 2.20. The predicted molar refractivity (Wildman–Crippen MR) is 93.5 cm³/mol. The maximum absolute atomic E-state index is 12.1. The van der Waals surface area contributed by atoms with E-state index < -0.39 is 0 Å². The lowest BCUT2D eigenvalue weighted by molar-refractivity contribution is 0.188. The van der Waals surface area contributed by atoms with E-state index in [2.05, 4.69) is 28.8 Å².